The summed E-state index contributed by atoms with van der Waals surface area (Å²) < 4.78 is 32.0. The molecule has 0 unspecified atom stereocenters. The molecular formula is C20H26N6O2S2. The predicted octanol–water partition coefficient (Wildman–Crippen LogP) is 2.46. The highest BCUT2D eigenvalue weighted by Gasteiger charge is 2.29. The number of aromatic nitrogens is 4. The normalized spacial score (nSPS) is 16.4. The Hall–Kier alpha value is -2.14. The third-order valence-electron chi connectivity index (χ3n) is 5.48. The van der Waals surface area contributed by atoms with Crippen LogP contribution in [0.15, 0.2) is 29.2 Å². The maximum Gasteiger partial charge on any atom is 0.254 e. The van der Waals surface area contributed by atoms with E-state index in [1.807, 2.05) is 50.3 Å². The number of nitrogens with zero attached hydrogens (tertiary/aromatic N) is 6. The molecule has 0 amide bonds. The molecule has 3 aromatic rings. The minimum Gasteiger partial charge on any atom is -0.282 e. The lowest BCUT2D eigenvalue weighted by Crippen LogP contribution is -2.49. The second kappa shape index (κ2) is 7.84. The summed E-state index contributed by atoms with van der Waals surface area (Å²) in [6.45, 7) is 10.3. The zero-order valence-electron chi connectivity index (χ0n) is 17.7. The smallest absolute Gasteiger partial charge is 0.254 e. The van der Waals surface area contributed by atoms with E-state index < -0.39 is 10.0 Å². The van der Waals surface area contributed by atoms with Gasteiger partial charge in [0.15, 0.2) is 0 Å². The molecule has 0 aliphatic carbocycles. The number of rotatable bonds is 4. The van der Waals surface area contributed by atoms with Gasteiger partial charge >= 0.3 is 0 Å². The van der Waals surface area contributed by atoms with Crippen LogP contribution in [0.1, 0.15) is 22.5 Å². The fraction of sp³-hybridized carbons (Fsp3) is 0.450. The van der Waals surface area contributed by atoms with Crippen LogP contribution in [-0.2, 0) is 16.7 Å². The van der Waals surface area contributed by atoms with Gasteiger partial charge in [-0.3, -0.25) is 9.30 Å². The van der Waals surface area contributed by atoms with Crippen molar-refractivity contribution < 1.29 is 8.42 Å². The molecule has 1 aliphatic heterocycles. The summed E-state index contributed by atoms with van der Waals surface area (Å²) in [4.78, 5) is 7.02. The summed E-state index contributed by atoms with van der Waals surface area (Å²) in [5, 5.41) is 4.55. The van der Waals surface area contributed by atoms with E-state index in [1.165, 1.54) is 0 Å². The quantitative estimate of drug-likeness (QED) is 0.573. The molecule has 1 aliphatic rings. The number of sulfonamides is 1. The molecule has 1 fully saturated rings. The van der Waals surface area contributed by atoms with Crippen LogP contribution in [0, 0.1) is 32.5 Å². The first kappa shape index (κ1) is 21.1. The van der Waals surface area contributed by atoms with Crippen molar-refractivity contribution in [3.63, 3.8) is 0 Å². The van der Waals surface area contributed by atoms with Crippen molar-refractivity contribution in [3.8, 4) is 0 Å². The van der Waals surface area contributed by atoms with Gasteiger partial charge in [-0.2, -0.15) is 4.31 Å². The lowest BCUT2D eigenvalue weighted by Gasteiger charge is -2.33. The third kappa shape index (κ3) is 3.80. The van der Waals surface area contributed by atoms with E-state index in [2.05, 4.69) is 15.0 Å². The van der Waals surface area contributed by atoms with Crippen LogP contribution in [0.25, 0.3) is 5.78 Å². The van der Waals surface area contributed by atoms with Crippen LogP contribution in [0.3, 0.4) is 0 Å². The van der Waals surface area contributed by atoms with Crippen LogP contribution >= 0.6 is 12.2 Å². The van der Waals surface area contributed by atoms with Crippen molar-refractivity contribution in [1.29, 1.82) is 0 Å². The summed E-state index contributed by atoms with van der Waals surface area (Å²) in [5.74, 6) is 0.591. The molecule has 1 saturated heterocycles. The highest BCUT2D eigenvalue weighted by atomic mass is 32.2. The van der Waals surface area contributed by atoms with E-state index in [4.69, 9.17) is 12.2 Å². The molecule has 0 atom stereocenters. The number of benzene rings is 1. The largest absolute Gasteiger partial charge is 0.282 e. The molecule has 0 spiro atoms. The standard InChI is InChI=1S/C20H26N6O2S2/c1-14-5-6-18(15(2)11-14)30(27,28)24-9-7-23(8-10-24)13-25-20(29)26-17(4)12-16(3)21-19(26)22-25/h5-6,11-12H,7-10,13H2,1-4H3. The molecule has 0 saturated carbocycles. The Bertz CT molecular complexity index is 1270. The van der Waals surface area contributed by atoms with E-state index in [0.29, 0.717) is 48.3 Å². The van der Waals surface area contributed by atoms with Gasteiger partial charge in [0.2, 0.25) is 14.8 Å². The van der Waals surface area contributed by atoms with Crippen molar-refractivity contribution in [2.24, 2.45) is 0 Å². The minimum absolute atomic E-state index is 0.390. The fourth-order valence-corrected chi connectivity index (χ4v) is 5.91. The Labute approximate surface area is 181 Å². The lowest BCUT2D eigenvalue weighted by atomic mass is 10.2. The van der Waals surface area contributed by atoms with E-state index in [9.17, 15) is 8.42 Å². The van der Waals surface area contributed by atoms with Gasteiger partial charge in [-0.05, 0) is 57.6 Å². The van der Waals surface area contributed by atoms with Crippen molar-refractivity contribution >= 4 is 28.0 Å². The van der Waals surface area contributed by atoms with E-state index in [-0.39, 0.29) is 0 Å². The lowest BCUT2D eigenvalue weighted by molar-refractivity contribution is 0.145. The van der Waals surface area contributed by atoms with Crippen molar-refractivity contribution in [1.82, 2.24) is 28.4 Å². The average molecular weight is 447 g/mol. The van der Waals surface area contributed by atoms with E-state index in [0.717, 1.165) is 22.5 Å². The average Bonchev–Trinajstić information content (AvgIpc) is 2.97. The van der Waals surface area contributed by atoms with Crippen LogP contribution in [-0.4, -0.2) is 63.0 Å². The summed E-state index contributed by atoms with van der Waals surface area (Å²) in [7, 11) is -3.50. The van der Waals surface area contributed by atoms with Crippen molar-refractivity contribution in [3.05, 3.63) is 51.6 Å². The Balaban J connectivity index is 1.49. The molecule has 3 heterocycles. The topological polar surface area (TPSA) is 75.7 Å². The van der Waals surface area contributed by atoms with E-state index >= 15 is 0 Å². The summed E-state index contributed by atoms with van der Waals surface area (Å²) in [6, 6.07) is 7.44. The summed E-state index contributed by atoms with van der Waals surface area (Å²) in [5.41, 5.74) is 3.74. The number of hydrogen-bond donors (Lipinski definition) is 0. The highest BCUT2D eigenvalue weighted by molar-refractivity contribution is 7.89. The van der Waals surface area contributed by atoms with Gasteiger partial charge in [0.1, 0.15) is 0 Å². The maximum atomic E-state index is 13.1. The first-order valence-electron chi connectivity index (χ1n) is 9.90. The van der Waals surface area contributed by atoms with Gasteiger partial charge in [-0.1, -0.05) is 17.7 Å². The molecule has 0 bridgehead atoms. The van der Waals surface area contributed by atoms with Crippen LogP contribution in [0.4, 0.5) is 0 Å². The summed E-state index contributed by atoms with van der Waals surface area (Å²) >= 11 is 5.59. The molecule has 0 radical (unpaired) electrons. The second-order valence-electron chi connectivity index (χ2n) is 7.89. The van der Waals surface area contributed by atoms with Gasteiger partial charge < -0.3 is 0 Å². The Morgan fingerprint density at radius 2 is 1.73 bits per heavy atom. The minimum atomic E-state index is -3.50. The fourth-order valence-electron chi connectivity index (χ4n) is 3.95. The van der Waals surface area contributed by atoms with Crippen LogP contribution in [0.5, 0.6) is 0 Å². The Morgan fingerprint density at radius 1 is 1.03 bits per heavy atom. The third-order valence-corrected chi connectivity index (χ3v) is 7.93. The molecular weight excluding hydrogens is 420 g/mol. The SMILES string of the molecule is Cc1ccc(S(=O)(=O)N2CCN(Cn3nc4nc(C)cc(C)n4c3=S)CC2)c(C)c1. The molecule has 160 valence electrons. The first-order valence-corrected chi connectivity index (χ1v) is 11.8. The summed E-state index contributed by atoms with van der Waals surface area (Å²) in [6.07, 6.45) is 0. The number of aryl methyl sites for hydroxylation is 4. The van der Waals surface area contributed by atoms with E-state index in [1.54, 1.807) is 15.1 Å². The molecule has 4 rings (SSSR count). The maximum absolute atomic E-state index is 13.1. The number of fused-ring (bicyclic) bond motifs is 1. The molecule has 2 aromatic heterocycles. The van der Waals surface area contributed by atoms with Gasteiger partial charge in [0.25, 0.3) is 5.78 Å². The molecule has 1 aromatic carbocycles. The zero-order valence-corrected chi connectivity index (χ0v) is 19.3. The Kier molecular flexibility index (Phi) is 5.52. The molecule has 10 heteroatoms. The molecule has 30 heavy (non-hydrogen) atoms. The zero-order chi connectivity index (χ0) is 21.6. The van der Waals surface area contributed by atoms with Crippen molar-refractivity contribution in [2.75, 3.05) is 26.2 Å². The molecule has 8 nitrogen and oxygen atoms in total. The number of piperazine rings is 1. The van der Waals surface area contributed by atoms with Crippen LogP contribution in [0.2, 0.25) is 0 Å². The van der Waals surface area contributed by atoms with Gasteiger partial charge in [-0.15, -0.1) is 5.10 Å². The van der Waals surface area contributed by atoms with Gasteiger partial charge in [-0.25, -0.2) is 18.1 Å². The van der Waals surface area contributed by atoms with Gasteiger partial charge in [0.05, 0.1) is 11.6 Å². The van der Waals surface area contributed by atoms with Crippen LogP contribution < -0.4 is 0 Å². The second-order valence-corrected chi connectivity index (χ2v) is 10.2. The molecule has 0 N–H and O–H groups in total. The van der Waals surface area contributed by atoms with Gasteiger partial charge in [0, 0.05) is 37.6 Å². The monoisotopic (exact) mass is 446 g/mol. The number of hydrogen-bond acceptors (Lipinski definition) is 6. The first-order chi connectivity index (χ1) is 14.2. The van der Waals surface area contributed by atoms with Crippen molar-refractivity contribution in [2.45, 2.75) is 39.3 Å². The predicted molar refractivity (Wildman–Crippen MR) is 118 cm³/mol. The Morgan fingerprint density at radius 3 is 2.40 bits per heavy atom. The highest BCUT2D eigenvalue weighted by Crippen LogP contribution is 2.22.